The third kappa shape index (κ3) is 5.92. The van der Waals surface area contributed by atoms with E-state index in [9.17, 15) is 19.5 Å². The zero-order chi connectivity index (χ0) is 25.1. The maximum Gasteiger partial charge on any atom is 0.355 e. The Morgan fingerprint density at radius 1 is 1.14 bits per heavy atom. The Balaban J connectivity index is 1.69. The molecule has 1 aliphatic carbocycles. The number of carboxylic acids is 1. The smallest absolute Gasteiger partial charge is 0.355 e. The summed E-state index contributed by atoms with van der Waals surface area (Å²) in [5.74, 6) is -0.654. The van der Waals surface area contributed by atoms with Crippen molar-refractivity contribution in [2.45, 2.75) is 39.3 Å². The second-order valence-corrected chi connectivity index (χ2v) is 9.29. The summed E-state index contributed by atoms with van der Waals surface area (Å²) < 4.78 is 7.96. The fourth-order valence-electron chi connectivity index (χ4n) is 3.56. The number of halogens is 1. The quantitative estimate of drug-likeness (QED) is 0.435. The standard InChI is InChI=1S/C25H27ClN4O5/c1-15(22(31)32)16(2)30-24(33)28-23(29(25(30)34)13-17-5-7-19(26)8-6-17)27-20-9-11-21(12-10-20)35-14-18-3-4-18/h5-12,15-16,18H,3-4,13-14H2,1-2H3,(H,31,32)(H,27,28,33)/t15-,16+/m0/s1. The monoisotopic (exact) mass is 498 g/mol. The Kier molecular flexibility index (Phi) is 7.25. The number of aliphatic carboxylic acids is 1. The highest BCUT2D eigenvalue weighted by molar-refractivity contribution is 6.30. The van der Waals surface area contributed by atoms with E-state index in [0.29, 0.717) is 23.2 Å². The number of benzene rings is 2. The topological polar surface area (TPSA) is 115 Å². The van der Waals surface area contributed by atoms with Gasteiger partial charge in [0.25, 0.3) is 0 Å². The molecule has 0 saturated heterocycles. The van der Waals surface area contributed by atoms with Crippen LogP contribution in [0.3, 0.4) is 0 Å². The first-order chi connectivity index (χ1) is 16.7. The molecule has 0 amide bonds. The van der Waals surface area contributed by atoms with Gasteiger partial charge in [0.15, 0.2) is 0 Å². The third-order valence-corrected chi connectivity index (χ3v) is 6.42. The summed E-state index contributed by atoms with van der Waals surface area (Å²) in [5.41, 5.74) is -0.110. The Morgan fingerprint density at radius 2 is 1.80 bits per heavy atom. The van der Waals surface area contributed by atoms with E-state index >= 15 is 0 Å². The zero-order valence-electron chi connectivity index (χ0n) is 19.5. The van der Waals surface area contributed by atoms with E-state index in [2.05, 4.69) is 10.3 Å². The number of carboxylic acid groups (broad SMARTS) is 1. The van der Waals surface area contributed by atoms with E-state index in [4.69, 9.17) is 16.3 Å². The number of nitrogens with zero attached hydrogens (tertiary/aromatic N) is 3. The van der Waals surface area contributed by atoms with Gasteiger partial charge in [-0.2, -0.15) is 4.98 Å². The molecule has 0 radical (unpaired) electrons. The molecule has 0 spiro atoms. The van der Waals surface area contributed by atoms with E-state index in [1.54, 1.807) is 36.4 Å². The molecule has 1 saturated carbocycles. The molecular weight excluding hydrogens is 472 g/mol. The van der Waals surface area contributed by atoms with Crippen LogP contribution in [0.1, 0.15) is 38.3 Å². The second kappa shape index (κ2) is 10.4. The van der Waals surface area contributed by atoms with E-state index in [1.807, 2.05) is 12.1 Å². The zero-order valence-corrected chi connectivity index (χ0v) is 20.2. The molecule has 0 aliphatic heterocycles. The Hall–Kier alpha value is -3.59. The molecule has 35 heavy (non-hydrogen) atoms. The van der Waals surface area contributed by atoms with E-state index in [-0.39, 0.29) is 12.5 Å². The van der Waals surface area contributed by atoms with Crippen LogP contribution in [0.25, 0.3) is 0 Å². The van der Waals surface area contributed by atoms with Crippen LogP contribution < -0.4 is 21.4 Å². The lowest BCUT2D eigenvalue weighted by Gasteiger charge is -2.21. The minimum absolute atomic E-state index is 0.0491. The molecule has 1 fully saturated rings. The normalized spacial score (nSPS) is 14.8. The van der Waals surface area contributed by atoms with Crippen molar-refractivity contribution in [3.8, 4) is 5.75 Å². The number of nitrogens with one attached hydrogen (secondary N) is 1. The van der Waals surface area contributed by atoms with Crippen molar-refractivity contribution in [2.75, 3.05) is 11.9 Å². The SMILES string of the molecule is C[C@H](C(=O)O)[C@@H](C)n1c(=O)nc(Nc2ccc(OCC3CC3)cc2)n(Cc2ccc(Cl)cc2)c1=O. The lowest BCUT2D eigenvalue weighted by molar-refractivity contribution is -0.142. The predicted octanol–water partition coefficient (Wildman–Crippen LogP) is 3.92. The molecule has 4 rings (SSSR count). The molecule has 2 atom stereocenters. The van der Waals surface area contributed by atoms with E-state index in [1.165, 1.54) is 31.3 Å². The van der Waals surface area contributed by atoms with Crippen LogP contribution in [0.15, 0.2) is 58.1 Å². The van der Waals surface area contributed by atoms with Gasteiger partial charge in [-0.3, -0.25) is 9.36 Å². The van der Waals surface area contributed by atoms with Crippen molar-refractivity contribution in [3.05, 3.63) is 80.1 Å². The maximum atomic E-state index is 13.5. The van der Waals surface area contributed by atoms with E-state index in [0.717, 1.165) is 15.9 Å². The van der Waals surface area contributed by atoms with Gasteiger partial charge in [-0.15, -0.1) is 0 Å². The van der Waals surface area contributed by atoms with Gasteiger partial charge in [0.2, 0.25) is 5.95 Å². The Labute approximate surface area is 207 Å². The van der Waals surface area contributed by atoms with Gasteiger partial charge < -0.3 is 15.2 Å². The minimum atomic E-state index is -1.11. The highest BCUT2D eigenvalue weighted by atomic mass is 35.5. The molecule has 0 bridgehead atoms. The molecule has 9 nitrogen and oxygen atoms in total. The van der Waals surface area contributed by atoms with Crippen molar-refractivity contribution in [2.24, 2.45) is 11.8 Å². The average molecular weight is 499 g/mol. The van der Waals surface area contributed by atoms with Crippen LogP contribution in [0.2, 0.25) is 5.02 Å². The molecule has 1 aliphatic rings. The van der Waals surface area contributed by atoms with Gasteiger partial charge in [0, 0.05) is 10.7 Å². The number of hydrogen-bond acceptors (Lipinski definition) is 6. The minimum Gasteiger partial charge on any atom is -0.493 e. The molecule has 3 aromatic rings. The Bertz CT molecular complexity index is 1310. The lowest BCUT2D eigenvalue weighted by atomic mass is 10.0. The van der Waals surface area contributed by atoms with Crippen molar-refractivity contribution in [1.82, 2.24) is 14.1 Å². The molecule has 1 aromatic heterocycles. The number of hydrogen-bond donors (Lipinski definition) is 2. The van der Waals surface area contributed by atoms with Gasteiger partial charge in [-0.1, -0.05) is 23.7 Å². The molecule has 1 heterocycles. The third-order valence-electron chi connectivity index (χ3n) is 6.17. The number of carbonyl (C=O) groups is 1. The van der Waals surface area contributed by atoms with Gasteiger partial charge in [0.1, 0.15) is 5.75 Å². The summed E-state index contributed by atoms with van der Waals surface area (Å²) >= 11 is 5.99. The molecule has 2 N–H and O–H groups in total. The first-order valence-electron chi connectivity index (χ1n) is 11.4. The van der Waals surface area contributed by atoms with Crippen LogP contribution in [0, 0.1) is 11.8 Å². The Morgan fingerprint density at radius 3 is 2.40 bits per heavy atom. The summed E-state index contributed by atoms with van der Waals surface area (Å²) in [5, 5.41) is 13.0. The van der Waals surface area contributed by atoms with Gasteiger partial charge >= 0.3 is 17.3 Å². The van der Waals surface area contributed by atoms with Crippen LogP contribution in [-0.4, -0.2) is 31.8 Å². The highest BCUT2D eigenvalue weighted by Crippen LogP contribution is 2.30. The highest BCUT2D eigenvalue weighted by Gasteiger charge is 2.26. The van der Waals surface area contributed by atoms with Gasteiger partial charge in [-0.05, 0) is 74.6 Å². The molecular formula is C25H27ClN4O5. The van der Waals surface area contributed by atoms with Crippen LogP contribution in [0.4, 0.5) is 11.6 Å². The average Bonchev–Trinajstić information content (AvgIpc) is 3.66. The van der Waals surface area contributed by atoms with Crippen LogP contribution >= 0.6 is 11.6 Å². The fourth-order valence-corrected chi connectivity index (χ4v) is 3.68. The van der Waals surface area contributed by atoms with Crippen LogP contribution in [-0.2, 0) is 11.3 Å². The summed E-state index contributed by atoms with van der Waals surface area (Å²) in [6.45, 7) is 3.76. The molecule has 184 valence electrons. The van der Waals surface area contributed by atoms with Crippen molar-refractivity contribution in [1.29, 1.82) is 0 Å². The van der Waals surface area contributed by atoms with Gasteiger partial charge in [0.05, 0.1) is 25.1 Å². The van der Waals surface area contributed by atoms with Crippen molar-refractivity contribution in [3.63, 3.8) is 0 Å². The van der Waals surface area contributed by atoms with Gasteiger partial charge in [-0.25, -0.2) is 14.2 Å². The number of aromatic nitrogens is 3. The van der Waals surface area contributed by atoms with Crippen molar-refractivity contribution >= 4 is 29.2 Å². The lowest BCUT2D eigenvalue weighted by Crippen LogP contribution is -2.46. The number of ether oxygens (including phenoxy) is 1. The van der Waals surface area contributed by atoms with E-state index < -0.39 is 29.3 Å². The fraction of sp³-hybridized carbons (Fsp3) is 0.360. The largest absolute Gasteiger partial charge is 0.493 e. The first kappa shape index (κ1) is 24.5. The van der Waals surface area contributed by atoms with Crippen molar-refractivity contribution < 1.29 is 14.6 Å². The molecule has 0 unspecified atom stereocenters. The predicted molar refractivity (Wildman–Crippen MR) is 133 cm³/mol. The summed E-state index contributed by atoms with van der Waals surface area (Å²) in [7, 11) is 0. The number of anilines is 2. The summed E-state index contributed by atoms with van der Waals surface area (Å²) in [4.78, 5) is 41.9. The maximum absolute atomic E-state index is 13.5. The van der Waals surface area contributed by atoms with Crippen LogP contribution in [0.5, 0.6) is 5.75 Å². The molecule has 2 aromatic carbocycles. The summed E-state index contributed by atoms with van der Waals surface area (Å²) in [6, 6.07) is 13.2. The second-order valence-electron chi connectivity index (χ2n) is 8.85. The first-order valence-corrected chi connectivity index (χ1v) is 11.8. The number of rotatable bonds is 10. The molecule has 10 heteroatoms. The summed E-state index contributed by atoms with van der Waals surface area (Å²) in [6.07, 6.45) is 2.40.